The van der Waals surface area contributed by atoms with Crippen LogP contribution in [0.15, 0.2) is 0 Å². The minimum atomic E-state index is -0.480. The van der Waals surface area contributed by atoms with E-state index in [1.165, 1.54) is 0 Å². The van der Waals surface area contributed by atoms with E-state index in [1.807, 2.05) is 0 Å². The van der Waals surface area contributed by atoms with E-state index in [0.717, 1.165) is 26.1 Å². The third-order valence-electron chi connectivity index (χ3n) is 3.52. The van der Waals surface area contributed by atoms with Crippen molar-refractivity contribution in [1.82, 2.24) is 0 Å². The highest BCUT2D eigenvalue weighted by atomic mass is 31.1. The zero-order chi connectivity index (χ0) is 11.3. The molecule has 2 aliphatic rings. The first-order valence-electron chi connectivity index (χ1n) is 5.61. The molecule has 2 rings (SSSR count). The van der Waals surface area contributed by atoms with Gasteiger partial charge in [-0.05, 0) is 10.3 Å². The van der Waals surface area contributed by atoms with Crippen molar-refractivity contribution in [2.45, 2.75) is 56.6 Å². The maximum Gasteiger partial charge on any atom is 0.170 e. The smallest absolute Gasteiger partial charge is 0.170 e. The summed E-state index contributed by atoms with van der Waals surface area (Å²) < 4.78 is 11.7. The fraction of sp³-hybridized carbons (Fsp3) is 1.00. The van der Waals surface area contributed by atoms with Crippen LogP contribution in [0, 0.1) is 0 Å². The molecule has 2 nitrogen and oxygen atoms in total. The Balaban J connectivity index is 2.27. The molecule has 0 amide bonds. The molecule has 15 heavy (non-hydrogen) atoms. The monoisotopic (exact) mass is 226 g/mol. The predicted molar refractivity (Wildman–Crippen MR) is 64.7 cm³/mol. The summed E-state index contributed by atoms with van der Waals surface area (Å²) in [6.07, 6.45) is 1.87. The van der Waals surface area contributed by atoms with Crippen LogP contribution in [0.4, 0.5) is 0 Å². The van der Waals surface area contributed by atoms with Gasteiger partial charge in [0.1, 0.15) is 7.57 Å². The Hall–Kier alpha value is 0.415. The molecule has 1 spiro atoms. The van der Waals surface area contributed by atoms with Crippen molar-refractivity contribution in [2.24, 2.45) is 0 Å². The average molecular weight is 226 g/mol. The van der Waals surface area contributed by atoms with E-state index in [4.69, 9.17) is 17.0 Å². The van der Waals surface area contributed by atoms with Crippen molar-refractivity contribution in [1.29, 1.82) is 0 Å². The minimum absolute atomic E-state index is 0.140. The third kappa shape index (κ3) is 1.99. The SMILES string of the molecule is [B]P1C(C)(C)CC2(CC1(C)C)OCCO2. The standard InChI is InChI=1S/C11H20BO2P/c1-9(2)7-11(13-5-6-14-11)8-10(3,4)15(9)12/h5-8H2,1-4H3. The summed E-state index contributed by atoms with van der Waals surface area (Å²) in [5.41, 5.74) is 0. The van der Waals surface area contributed by atoms with Gasteiger partial charge in [-0.25, -0.2) is 0 Å². The van der Waals surface area contributed by atoms with Crippen molar-refractivity contribution in [3.8, 4) is 0 Å². The number of ether oxygens (including phenoxy) is 2. The quantitative estimate of drug-likeness (QED) is 0.467. The second-order valence-electron chi connectivity index (χ2n) is 5.96. The molecule has 2 radical (unpaired) electrons. The van der Waals surface area contributed by atoms with Crippen LogP contribution < -0.4 is 0 Å². The Morgan fingerprint density at radius 1 is 0.933 bits per heavy atom. The first-order valence-corrected chi connectivity index (χ1v) is 7.02. The molecule has 0 bridgehead atoms. The van der Waals surface area contributed by atoms with Gasteiger partial charge < -0.3 is 9.47 Å². The zero-order valence-corrected chi connectivity index (χ0v) is 11.1. The summed E-state index contributed by atoms with van der Waals surface area (Å²) in [7, 11) is 5.91. The summed E-state index contributed by atoms with van der Waals surface area (Å²) in [5, 5.41) is 0.281. The molecule has 0 aromatic heterocycles. The first kappa shape index (κ1) is 11.9. The molecule has 4 heteroatoms. The van der Waals surface area contributed by atoms with E-state index in [-0.39, 0.29) is 16.1 Å². The van der Waals surface area contributed by atoms with E-state index in [9.17, 15) is 0 Å². The summed E-state index contributed by atoms with van der Waals surface area (Å²) in [4.78, 5) is 0. The Bertz CT molecular complexity index is 239. The van der Waals surface area contributed by atoms with Gasteiger partial charge >= 0.3 is 0 Å². The highest BCUT2D eigenvalue weighted by molar-refractivity contribution is 7.84. The van der Waals surface area contributed by atoms with E-state index in [0.29, 0.717) is 0 Å². The van der Waals surface area contributed by atoms with E-state index in [2.05, 4.69) is 27.7 Å². The summed E-state index contributed by atoms with van der Waals surface area (Å²) in [6, 6.07) is 0. The number of hydrogen-bond acceptors (Lipinski definition) is 2. The second-order valence-corrected chi connectivity index (χ2v) is 9.12. The Labute approximate surface area is 95.2 Å². The fourth-order valence-corrected chi connectivity index (χ4v) is 5.53. The lowest BCUT2D eigenvalue weighted by Crippen LogP contribution is -2.50. The first-order chi connectivity index (χ1) is 6.78. The molecule has 0 aliphatic carbocycles. The van der Waals surface area contributed by atoms with Crippen LogP contribution in [0.3, 0.4) is 0 Å². The molecule has 0 N–H and O–H groups in total. The summed E-state index contributed by atoms with van der Waals surface area (Å²) in [6.45, 7) is 10.4. The predicted octanol–water partition coefficient (Wildman–Crippen LogP) is 2.65. The average Bonchev–Trinajstić information content (AvgIpc) is 2.47. The Morgan fingerprint density at radius 2 is 1.33 bits per heavy atom. The van der Waals surface area contributed by atoms with Gasteiger partial charge in [-0.2, -0.15) is 0 Å². The highest BCUT2D eigenvalue weighted by Crippen LogP contribution is 2.66. The maximum absolute atomic E-state index is 6.39. The van der Waals surface area contributed by atoms with Crippen LogP contribution in [0.5, 0.6) is 0 Å². The topological polar surface area (TPSA) is 18.5 Å². The Morgan fingerprint density at radius 3 is 1.73 bits per heavy atom. The van der Waals surface area contributed by atoms with E-state index >= 15 is 0 Å². The molecule has 0 saturated carbocycles. The lowest BCUT2D eigenvalue weighted by Gasteiger charge is -2.54. The molecular weight excluding hydrogens is 206 g/mol. The summed E-state index contributed by atoms with van der Waals surface area (Å²) >= 11 is 0. The number of rotatable bonds is 0. The second kappa shape index (κ2) is 3.45. The van der Waals surface area contributed by atoms with Gasteiger partial charge in [-0.3, -0.25) is 0 Å². The molecule has 2 aliphatic heterocycles. The van der Waals surface area contributed by atoms with Gasteiger partial charge in [0.05, 0.1) is 13.2 Å². The molecule has 0 aromatic rings. The fourth-order valence-electron chi connectivity index (χ4n) is 3.07. The summed E-state index contributed by atoms with van der Waals surface area (Å²) in [5.74, 6) is -0.342. The largest absolute Gasteiger partial charge is 0.347 e. The van der Waals surface area contributed by atoms with Crippen molar-refractivity contribution >= 4 is 15.4 Å². The molecule has 0 unspecified atom stereocenters. The molecule has 2 fully saturated rings. The van der Waals surface area contributed by atoms with Crippen LogP contribution in [0.1, 0.15) is 40.5 Å². The van der Waals surface area contributed by atoms with Gasteiger partial charge in [0.15, 0.2) is 5.79 Å². The van der Waals surface area contributed by atoms with Gasteiger partial charge in [0.25, 0.3) is 0 Å². The number of hydrogen-bond donors (Lipinski definition) is 0. The van der Waals surface area contributed by atoms with Gasteiger partial charge in [0, 0.05) is 12.8 Å². The van der Waals surface area contributed by atoms with Gasteiger partial charge in [-0.1, -0.05) is 27.7 Å². The highest BCUT2D eigenvalue weighted by Gasteiger charge is 2.54. The zero-order valence-electron chi connectivity index (χ0n) is 10.2. The van der Waals surface area contributed by atoms with Crippen LogP contribution in [0.2, 0.25) is 0 Å². The van der Waals surface area contributed by atoms with Crippen LogP contribution in [-0.4, -0.2) is 36.9 Å². The van der Waals surface area contributed by atoms with Gasteiger partial charge in [0.2, 0.25) is 0 Å². The maximum atomic E-state index is 6.39. The van der Waals surface area contributed by atoms with E-state index in [1.54, 1.807) is 0 Å². The molecular formula is C11H20BO2P. The lowest BCUT2D eigenvalue weighted by atomic mass is 9.91. The van der Waals surface area contributed by atoms with Crippen LogP contribution >= 0.6 is 7.80 Å². The Kier molecular flexibility index (Phi) is 2.74. The normalized spacial score (nSPS) is 33.3. The molecule has 2 heterocycles. The molecule has 0 atom stereocenters. The van der Waals surface area contributed by atoms with Gasteiger partial charge in [-0.15, -0.1) is 7.80 Å². The van der Waals surface area contributed by atoms with Crippen molar-refractivity contribution in [3.05, 3.63) is 0 Å². The molecule has 0 aromatic carbocycles. The molecule has 84 valence electrons. The van der Waals surface area contributed by atoms with Crippen LogP contribution in [0.25, 0.3) is 0 Å². The minimum Gasteiger partial charge on any atom is -0.347 e. The van der Waals surface area contributed by atoms with Crippen molar-refractivity contribution in [2.75, 3.05) is 13.2 Å². The van der Waals surface area contributed by atoms with Crippen LogP contribution in [-0.2, 0) is 9.47 Å². The lowest BCUT2D eigenvalue weighted by molar-refractivity contribution is -0.178. The van der Waals surface area contributed by atoms with Crippen molar-refractivity contribution < 1.29 is 9.47 Å². The van der Waals surface area contributed by atoms with Crippen molar-refractivity contribution in [3.63, 3.8) is 0 Å². The van der Waals surface area contributed by atoms with E-state index < -0.39 is 7.80 Å². The third-order valence-corrected chi connectivity index (χ3v) is 6.45. The molecule has 2 saturated heterocycles.